The van der Waals surface area contributed by atoms with Gasteiger partial charge in [0.25, 0.3) is 5.91 Å². The Morgan fingerprint density at radius 1 is 1.13 bits per heavy atom. The number of aryl methyl sites for hydroxylation is 2. The van der Waals surface area contributed by atoms with Gasteiger partial charge in [0.15, 0.2) is 16.9 Å². The molecule has 1 aliphatic heterocycles. The highest BCUT2D eigenvalue weighted by molar-refractivity contribution is 5.99. The van der Waals surface area contributed by atoms with E-state index in [-0.39, 0.29) is 29.9 Å². The van der Waals surface area contributed by atoms with E-state index in [1.165, 1.54) is 12.0 Å². The first kappa shape index (κ1) is 20.9. The molecule has 1 aliphatic rings. The number of nitrogens with zero attached hydrogens (tertiary/aromatic N) is 1. The number of ether oxygens (including phenoxy) is 2. The highest BCUT2D eigenvalue weighted by Gasteiger charge is 2.42. The average Bonchev–Trinajstić information content (AvgIpc) is 3.02. The maximum Gasteiger partial charge on any atom is 0.290 e. The normalized spacial score (nSPS) is 15.5. The fourth-order valence-corrected chi connectivity index (χ4v) is 4.29. The number of methoxy groups -OCH3 is 1. The van der Waals surface area contributed by atoms with Crippen LogP contribution in [0.5, 0.6) is 11.5 Å². The molecule has 3 aromatic rings. The van der Waals surface area contributed by atoms with E-state index < -0.39 is 11.9 Å². The van der Waals surface area contributed by atoms with Crippen molar-refractivity contribution in [2.24, 2.45) is 0 Å². The third kappa shape index (κ3) is 3.35. The molecule has 2 heterocycles. The van der Waals surface area contributed by atoms with Crippen molar-refractivity contribution in [2.45, 2.75) is 26.8 Å². The van der Waals surface area contributed by atoms with Crippen LogP contribution in [0.3, 0.4) is 0 Å². The lowest BCUT2D eigenvalue weighted by atomic mass is 9.97. The summed E-state index contributed by atoms with van der Waals surface area (Å²) < 4.78 is 17.1. The monoisotopic (exact) mass is 423 g/mol. The molecule has 1 N–H and O–H groups in total. The Morgan fingerprint density at radius 3 is 2.58 bits per heavy atom. The second-order valence-corrected chi connectivity index (χ2v) is 7.60. The van der Waals surface area contributed by atoms with Gasteiger partial charge < -0.3 is 23.9 Å². The lowest BCUT2D eigenvalue weighted by Crippen LogP contribution is -2.32. The summed E-state index contributed by atoms with van der Waals surface area (Å²) in [5.41, 5.74) is 2.86. The number of carbonyl (C=O) groups excluding carboxylic acids is 1. The molecule has 2 aromatic carbocycles. The molecular formula is C24H25NO6. The zero-order chi connectivity index (χ0) is 22.3. The Hall–Kier alpha value is -3.32. The first-order chi connectivity index (χ1) is 14.9. The van der Waals surface area contributed by atoms with Crippen molar-refractivity contribution < 1.29 is 23.8 Å². The smallest absolute Gasteiger partial charge is 0.290 e. The van der Waals surface area contributed by atoms with Crippen molar-refractivity contribution in [1.29, 1.82) is 0 Å². The summed E-state index contributed by atoms with van der Waals surface area (Å²) in [7, 11) is 1.54. The van der Waals surface area contributed by atoms with Crippen LogP contribution in [-0.2, 0) is 0 Å². The summed E-state index contributed by atoms with van der Waals surface area (Å²) in [6, 6.07) is 8.32. The number of carbonyl (C=O) groups is 1. The quantitative estimate of drug-likeness (QED) is 0.654. The van der Waals surface area contributed by atoms with Crippen LogP contribution in [0.2, 0.25) is 0 Å². The van der Waals surface area contributed by atoms with Crippen molar-refractivity contribution >= 4 is 16.9 Å². The van der Waals surface area contributed by atoms with Gasteiger partial charge in [0.1, 0.15) is 5.58 Å². The second kappa shape index (κ2) is 8.07. The molecule has 31 heavy (non-hydrogen) atoms. The Labute approximate surface area is 179 Å². The van der Waals surface area contributed by atoms with Crippen LogP contribution in [0, 0.1) is 13.8 Å². The van der Waals surface area contributed by atoms with Gasteiger partial charge in [0, 0.05) is 6.54 Å². The molecule has 7 heteroatoms. The number of hydrogen-bond donors (Lipinski definition) is 1. The first-order valence-corrected chi connectivity index (χ1v) is 10.2. The van der Waals surface area contributed by atoms with E-state index in [9.17, 15) is 14.7 Å². The number of β-amino-alcohol motifs (C(OH)–C–C–N with tert-alkyl or cyclic N) is 1. The van der Waals surface area contributed by atoms with Crippen molar-refractivity contribution in [2.75, 3.05) is 26.9 Å². The van der Waals surface area contributed by atoms with E-state index in [1.54, 1.807) is 24.3 Å². The molecular weight excluding hydrogens is 398 g/mol. The molecule has 0 saturated carbocycles. The molecule has 1 atom stereocenters. The van der Waals surface area contributed by atoms with E-state index in [0.29, 0.717) is 34.6 Å². The Balaban J connectivity index is 1.98. The largest absolute Gasteiger partial charge is 0.493 e. The average molecular weight is 423 g/mol. The van der Waals surface area contributed by atoms with Crippen molar-refractivity contribution in [3.8, 4) is 11.5 Å². The summed E-state index contributed by atoms with van der Waals surface area (Å²) >= 11 is 0. The van der Waals surface area contributed by atoms with Gasteiger partial charge in [-0.1, -0.05) is 12.1 Å². The summed E-state index contributed by atoms with van der Waals surface area (Å²) in [4.78, 5) is 28.2. The molecule has 4 rings (SSSR count). The van der Waals surface area contributed by atoms with Crippen LogP contribution in [0.15, 0.2) is 39.5 Å². The highest BCUT2D eigenvalue weighted by Crippen LogP contribution is 2.41. The molecule has 0 fully saturated rings. The maximum absolute atomic E-state index is 13.6. The predicted molar refractivity (Wildman–Crippen MR) is 116 cm³/mol. The van der Waals surface area contributed by atoms with E-state index in [4.69, 9.17) is 13.9 Å². The number of hydrogen-bond acceptors (Lipinski definition) is 6. The SMILES string of the molecule is CCOc1ccc(C2c3c(oc4c(C)cc(C)cc4c3=O)C(=O)N2CCO)cc1OC. The second-order valence-electron chi connectivity index (χ2n) is 7.60. The van der Waals surface area contributed by atoms with Crippen LogP contribution >= 0.6 is 0 Å². The Bertz CT molecular complexity index is 1230. The number of benzene rings is 2. The van der Waals surface area contributed by atoms with Gasteiger partial charge in [-0.2, -0.15) is 0 Å². The van der Waals surface area contributed by atoms with E-state index >= 15 is 0 Å². The molecule has 0 radical (unpaired) electrons. The number of amides is 1. The molecule has 0 saturated heterocycles. The molecule has 0 aliphatic carbocycles. The number of fused-ring (bicyclic) bond motifs is 2. The summed E-state index contributed by atoms with van der Waals surface area (Å²) in [6.07, 6.45) is 0. The fraction of sp³-hybridized carbons (Fsp3) is 0.333. The van der Waals surface area contributed by atoms with Crippen molar-refractivity contribution in [3.05, 3.63) is 68.6 Å². The molecule has 0 bridgehead atoms. The third-order valence-electron chi connectivity index (χ3n) is 5.54. The van der Waals surface area contributed by atoms with Gasteiger partial charge in [-0.05, 0) is 55.7 Å². The van der Waals surface area contributed by atoms with Gasteiger partial charge in [-0.15, -0.1) is 0 Å². The van der Waals surface area contributed by atoms with Gasteiger partial charge in [-0.25, -0.2) is 0 Å². The molecule has 1 aromatic heterocycles. The van der Waals surface area contributed by atoms with Crippen LogP contribution in [0.4, 0.5) is 0 Å². The zero-order valence-electron chi connectivity index (χ0n) is 18.0. The number of aliphatic hydroxyl groups excluding tert-OH is 1. The van der Waals surface area contributed by atoms with Crippen LogP contribution in [0.1, 0.15) is 45.8 Å². The molecule has 162 valence electrons. The lowest BCUT2D eigenvalue weighted by molar-refractivity contribution is 0.0691. The minimum Gasteiger partial charge on any atom is -0.493 e. The van der Waals surface area contributed by atoms with E-state index in [0.717, 1.165) is 11.1 Å². The minimum absolute atomic E-state index is 0.0238. The van der Waals surface area contributed by atoms with Gasteiger partial charge in [-0.3, -0.25) is 9.59 Å². The third-order valence-corrected chi connectivity index (χ3v) is 5.54. The number of rotatable bonds is 6. The van der Waals surface area contributed by atoms with Gasteiger partial charge >= 0.3 is 0 Å². The van der Waals surface area contributed by atoms with Crippen LogP contribution in [-0.4, -0.2) is 42.8 Å². The molecule has 7 nitrogen and oxygen atoms in total. The Morgan fingerprint density at radius 2 is 1.90 bits per heavy atom. The minimum atomic E-state index is -0.694. The van der Waals surface area contributed by atoms with Crippen LogP contribution in [0.25, 0.3) is 11.0 Å². The molecule has 1 amide bonds. The maximum atomic E-state index is 13.6. The predicted octanol–water partition coefficient (Wildman–Crippen LogP) is 3.35. The standard InChI is InChI=1S/C24H25NO6/c1-5-30-17-7-6-15(12-18(17)29-4)20-19-21(27)16-11-13(2)10-14(3)22(16)31-23(19)24(28)25(20)8-9-26/h6-7,10-12,20,26H,5,8-9H2,1-4H3. The molecule has 1 unspecified atom stereocenters. The summed E-state index contributed by atoms with van der Waals surface area (Å²) in [5, 5.41) is 10.0. The summed E-state index contributed by atoms with van der Waals surface area (Å²) in [6.45, 7) is 5.95. The van der Waals surface area contributed by atoms with Crippen molar-refractivity contribution in [3.63, 3.8) is 0 Å². The Kier molecular flexibility index (Phi) is 5.45. The lowest BCUT2D eigenvalue weighted by Gasteiger charge is -2.25. The van der Waals surface area contributed by atoms with E-state index in [2.05, 4.69) is 0 Å². The van der Waals surface area contributed by atoms with Gasteiger partial charge in [0.2, 0.25) is 5.76 Å². The number of aliphatic hydroxyl groups is 1. The van der Waals surface area contributed by atoms with E-state index in [1.807, 2.05) is 26.8 Å². The fourth-order valence-electron chi connectivity index (χ4n) is 4.29. The topological polar surface area (TPSA) is 89.2 Å². The zero-order valence-corrected chi connectivity index (χ0v) is 18.0. The molecule has 0 spiro atoms. The summed E-state index contributed by atoms with van der Waals surface area (Å²) in [5.74, 6) is 0.682. The van der Waals surface area contributed by atoms with Crippen molar-refractivity contribution in [1.82, 2.24) is 4.90 Å². The van der Waals surface area contributed by atoms with Gasteiger partial charge in [0.05, 0.1) is 37.3 Å². The first-order valence-electron chi connectivity index (χ1n) is 10.2. The highest BCUT2D eigenvalue weighted by atomic mass is 16.5. The van der Waals surface area contributed by atoms with Crippen LogP contribution < -0.4 is 14.9 Å².